The topological polar surface area (TPSA) is 54.5 Å². The van der Waals surface area contributed by atoms with Gasteiger partial charge in [0.1, 0.15) is 11.6 Å². The Kier molecular flexibility index (Phi) is 4.84. The fourth-order valence-corrected chi connectivity index (χ4v) is 4.48. The Hall–Kier alpha value is -1.50. The van der Waals surface area contributed by atoms with Gasteiger partial charge in [-0.2, -0.15) is 0 Å². The monoisotopic (exact) mass is 331 g/mol. The van der Waals surface area contributed by atoms with E-state index in [-0.39, 0.29) is 12.0 Å². The maximum Gasteiger partial charge on any atom is 0.227 e. The van der Waals surface area contributed by atoms with E-state index in [1.165, 1.54) is 18.2 Å². The van der Waals surface area contributed by atoms with E-state index in [1.807, 2.05) is 0 Å². The maximum atomic E-state index is 13.6. The molecule has 1 aliphatic rings. The number of amides is 1. The third-order valence-corrected chi connectivity index (χ3v) is 5.86. The first-order valence-corrected chi connectivity index (χ1v) is 9.04. The van der Waals surface area contributed by atoms with Crippen molar-refractivity contribution in [1.82, 2.24) is 4.90 Å². The van der Waals surface area contributed by atoms with Crippen molar-refractivity contribution < 1.29 is 22.0 Å². The highest BCUT2D eigenvalue weighted by atomic mass is 32.2. The summed E-state index contributed by atoms with van der Waals surface area (Å²) in [7, 11) is -1.72. The molecule has 0 spiro atoms. The van der Waals surface area contributed by atoms with Crippen molar-refractivity contribution in [2.45, 2.75) is 37.0 Å². The lowest BCUT2D eigenvalue weighted by molar-refractivity contribution is -0.131. The Morgan fingerprint density at radius 3 is 2.64 bits per heavy atom. The molecule has 1 amide bonds. The van der Waals surface area contributed by atoms with Crippen molar-refractivity contribution in [3.05, 3.63) is 35.4 Å². The largest absolute Gasteiger partial charge is 0.341 e. The molecule has 1 aromatic rings. The number of carbonyl (C=O) groups is 1. The van der Waals surface area contributed by atoms with Crippen LogP contribution in [0.3, 0.4) is 0 Å². The Balaban J connectivity index is 2.14. The third-order valence-electron chi connectivity index (χ3n) is 4.21. The lowest BCUT2D eigenvalue weighted by Gasteiger charge is -2.29. The van der Waals surface area contributed by atoms with Crippen LogP contribution in [0.2, 0.25) is 0 Å². The van der Waals surface area contributed by atoms with E-state index >= 15 is 0 Å². The number of benzene rings is 1. The van der Waals surface area contributed by atoms with Gasteiger partial charge in [-0.25, -0.2) is 17.2 Å². The van der Waals surface area contributed by atoms with Crippen molar-refractivity contribution in [2.24, 2.45) is 0 Å². The zero-order valence-corrected chi connectivity index (χ0v) is 13.4. The Morgan fingerprint density at radius 1 is 1.32 bits per heavy atom. The van der Waals surface area contributed by atoms with Crippen molar-refractivity contribution in [1.29, 1.82) is 0 Å². The summed E-state index contributed by atoms with van der Waals surface area (Å²) >= 11 is 0. The van der Waals surface area contributed by atoms with Gasteiger partial charge in [0, 0.05) is 24.9 Å². The average Bonchev–Trinajstić information content (AvgIpc) is 2.91. The fraction of sp³-hybridized carbons (Fsp3) is 0.533. The molecule has 0 N–H and O–H groups in total. The summed E-state index contributed by atoms with van der Waals surface area (Å²) in [6.45, 7) is 0. The summed E-state index contributed by atoms with van der Waals surface area (Å²) in [6, 6.07) is 2.56. The summed E-state index contributed by atoms with van der Waals surface area (Å²) in [6.07, 6.45) is 2.74. The molecule has 2 rings (SSSR count). The molecule has 0 aromatic heterocycles. The maximum absolute atomic E-state index is 13.6. The molecule has 0 aliphatic heterocycles. The first kappa shape index (κ1) is 16.9. The van der Waals surface area contributed by atoms with Gasteiger partial charge in [-0.3, -0.25) is 4.79 Å². The molecule has 0 bridgehead atoms. The summed E-state index contributed by atoms with van der Waals surface area (Å²) in [4.78, 5) is 13.6. The molecule has 22 heavy (non-hydrogen) atoms. The van der Waals surface area contributed by atoms with Crippen LogP contribution in [0.4, 0.5) is 8.78 Å². The van der Waals surface area contributed by atoms with Gasteiger partial charge in [0.05, 0.1) is 11.7 Å². The minimum atomic E-state index is -3.25. The Labute approximate surface area is 129 Å². The van der Waals surface area contributed by atoms with Crippen LogP contribution in [0.15, 0.2) is 18.2 Å². The number of rotatable bonds is 4. The van der Waals surface area contributed by atoms with E-state index in [4.69, 9.17) is 0 Å². The molecule has 2 atom stereocenters. The summed E-state index contributed by atoms with van der Waals surface area (Å²) in [5.41, 5.74) is -0.0225. The van der Waals surface area contributed by atoms with Crippen LogP contribution in [-0.2, 0) is 21.1 Å². The SMILES string of the molecule is CN(C(=O)Cc1cc(F)ccc1F)[C@H]1CCC[C@H]1S(C)(=O)=O. The smallest absolute Gasteiger partial charge is 0.227 e. The molecular weight excluding hydrogens is 312 g/mol. The quantitative estimate of drug-likeness (QED) is 0.847. The van der Waals surface area contributed by atoms with Crippen LogP contribution in [-0.4, -0.2) is 43.8 Å². The predicted octanol–water partition coefficient (Wildman–Crippen LogP) is 1.93. The number of hydrogen-bond donors (Lipinski definition) is 0. The molecular formula is C15H19F2NO3S. The Morgan fingerprint density at radius 2 is 2.00 bits per heavy atom. The molecule has 1 aliphatic carbocycles. The minimum absolute atomic E-state index is 0.0225. The van der Waals surface area contributed by atoms with E-state index in [0.29, 0.717) is 12.8 Å². The highest BCUT2D eigenvalue weighted by Crippen LogP contribution is 2.29. The second kappa shape index (κ2) is 6.32. The number of halogens is 2. The predicted molar refractivity (Wildman–Crippen MR) is 79.1 cm³/mol. The molecule has 0 saturated heterocycles. The first-order chi connectivity index (χ1) is 10.2. The van der Waals surface area contributed by atoms with Crippen molar-refractivity contribution in [2.75, 3.05) is 13.3 Å². The van der Waals surface area contributed by atoms with E-state index < -0.39 is 38.7 Å². The molecule has 1 fully saturated rings. The number of sulfone groups is 1. The first-order valence-electron chi connectivity index (χ1n) is 7.08. The van der Waals surface area contributed by atoms with Gasteiger partial charge in [-0.05, 0) is 37.5 Å². The lowest BCUT2D eigenvalue weighted by Crippen LogP contribution is -2.45. The van der Waals surface area contributed by atoms with Crippen LogP contribution >= 0.6 is 0 Å². The fourth-order valence-electron chi connectivity index (χ4n) is 3.00. The Bertz CT molecular complexity index is 675. The van der Waals surface area contributed by atoms with Gasteiger partial charge in [0.2, 0.25) is 5.91 Å². The highest BCUT2D eigenvalue weighted by molar-refractivity contribution is 7.91. The van der Waals surface area contributed by atoms with Crippen LogP contribution in [0, 0.1) is 11.6 Å². The number of likely N-dealkylation sites (N-methyl/N-ethyl adjacent to an activating group) is 1. The summed E-state index contributed by atoms with van der Waals surface area (Å²) < 4.78 is 50.3. The molecule has 0 heterocycles. The second-order valence-corrected chi connectivity index (χ2v) is 8.05. The minimum Gasteiger partial charge on any atom is -0.341 e. The molecule has 0 radical (unpaired) electrons. The van der Waals surface area contributed by atoms with E-state index in [0.717, 1.165) is 24.6 Å². The van der Waals surface area contributed by atoms with Crippen LogP contribution in [0.25, 0.3) is 0 Å². The molecule has 7 heteroatoms. The van der Waals surface area contributed by atoms with E-state index in [1.54, 1.807) is 0 Å². The number of carbonyl (C=O) groups excluding carboxylic acids is 1. The zero-order chi connectivity index (χ0) is 16.5. The van der Waals surface area contributed by atoms with Crippen LogP contribution < -0.4 is 0 Å². The van der Waals surface area contributed by atoms with Gasteiger partial charge in [0.25, 0.3) is 0 Å². The average molecular weight is 331 g/mol. The lowest BCUT2D eigenvalue weighted by atomic mass is 10.1. The van der Waals surface area contributed by atoms with Gasteiger partial charge < -0.3 is 4.90 Å². The molecule has 1 aromatic carbocycles. The van der Waals surface area contributed by atoms with Crippen LogP contribution in [0.5, 0.6) is 0 Å². The van der Waals surface area contributed by atoms with Crippen molar-refractivity contribution >= 4 is 15.7 Å². The molecule has 122 valence electrons. The zero-order valence-electron chi connectivity index (χ0n) is 12.6. The van der Waals surface area contributed by atoms with Gasteiger partial charge in [-0.1, -0.05) is 0 Å². The number of nitrogens with zero attached hydrogens (tertiary/aromatic N) is 1. The van der Waals surface area contributed by atoms with Gasteiger partial charge in [0.15, 0.2) is 9.84 Å². The molecule has 0 unspecified atom stereocenters. The van der Waals surface area contributed by atoms with E-state index in [2.05, 4.69) is 0 Å². The highest BCUT2D eigenvalue weighted by Gasteiger charge is 2.38. The third kappa shape index (κ3) is 3.63. The van der Waals surface area contributed by atoms with Crippen molar-refractivity contribution in [3.63, 3.8) is 0 Å². The number of hydrogen-bond acceptors (Lipinski definition) is 3. The summed E-state index contributed by atoms with van der Waals surface area (Å²) in [5.74, 6) is -1.67. The van der Waals surface area contributed by atoms with Gasteiger partial charge in [-0.15, -0.1) is 0 Å². The van der Waals surface area contributed by atoms with Gasteiger partial charge >= 0.3 is 0 Å². The second-order valence-electron chi connectivity index (χ2n) is 5.78. The van der Waals surface area contributed by atoms with Crippen molar-refractivity contribution in [3.8, 4) is 0 Å². The summed E-state index contributed by atoms with van der Waals surface area (Å²) in [5, 5.41) is -0.584. The van der Waals surface area contributed by atoms with Crippen LogP contribution in [0.1, 0.15) is 24.8 Å². The normalized spacial score (nSPS) is 21.8. The van der Waals surface area contributed by atoms with E-state index in [9.17, 15) is 22.0 Å². The molecule has 1 saturated carbocycles. The standard InChI is InChI=1S/C15H19F2NO3S/c1-18(13-4-3-5-14(13)22(2,20)21)15(19)9-10-8-11(16)6-7-12(10)17/h6-8,13-14H,3-5,9H2,1-2H3/t13-,14+/m0/s1. The molecule has 4 nitrogen and oxygen atoms in total.